The van der Waals surface area contributed by atoms with Gasteiger partial charge in [-0.2, -0.15) is 0 Å². The van der Waals surface area contributed by atoms with Crippen LogP contribution >= 0.6 is 11.6 Å². The highest BCUT2D eigenvalue weighted by atomic mass is 35.5. The van der Waals surface area contributed by atoms with Crippen molar-refractivity contribution in [2.45, 2.75) is 6.54 Å². The molecule has 0 spiro atoms. The maximum Gasteiger partial charge on any atom is 0.328 e. The first-order valence-corrected chi connectivity index (χ1v) is 6.40. The van der Waals surface area contributed by atoms with Crippen LogP contribution in [-0.4, -0.2) is 27.0 Å². The number of nitrogens with zero attached hydrogens (tertiary/aromatic N) is 1. The van der Waals surface area contributed by atoms with E-state index in [4.69, 9.17) is 16.7 Å². The molecule has 7 heteroatoms. The van der Waals surface area contributed by atoms with E-state index in [9.17, 15) is 9.59 Å². The fourth-order valence-electron chi connectivity index (χ4n) is 1.62. The number of carbonyl (C=O) groups excluding carboxylic acids is 1. The van der Waals surface area contributed by atoms with Crippen LogP contribution in [0.15, 0.2) is 36.8 Å². The summed E-state index contributed by atoms with van der Waals surface area (Å²) in [5.41, 5.74) is 1.71. The molecule has 0 aliphatic carbocycles. The molecule has 0 radical (unpaired) electrons. The molecule has 108 valence electrons. The highest BCUT2D eigenvalue weighted by Gasteiger charge is 2.08. The molecule has 1 heterocycles. The van der Waals surface area contributed by atoms with E-state index < -0.39 is 5.97 Å². The average molecular weight is 306 g/mol. The summed E-state index contributed by atoms with van der Waals surface area (Å²) >= 11 is 6.02. The molecule has 0 aliphatic heterocycles. The van der Waals surface area contributed by atoms with Gasteiger partial charge in [0.2, 0.25) is 0 Å². The van der Waals surface area contributed by atoms with E-state index in [1.54, 1.807) is 18.3 Å². The molecule has 0 saturated carbocycles. The summed E-state index contributed by atoms with van der Waals surface area (Å²) in [4.78, 5) is 29.1. The van der Waals surface area contributed by atoms with Gasteiger partial charge in [-0.3, -0.25) is 4.79 Å². The molecule has 1 aromatic heterocycles. The number of carboxylic acids is 1. The van der Waals surface area contributed by atoms with Gasteiger partial charge in [0.1, 0.15) is 0 Å². The van der Waals surface area contributed by atoms with Gasteiger partial charge in [0.15, 0.2) is 0 Å². The highest BCUT2D eigenvalue weighted by molar-refractivity contribution is 6.32. The summed E-state index contributed by atoms with van der Waals surface area (Å²) in [6.45, 7) is 0.330. The van der Waals surface area contributed by atoms with Crippen molar-refractivity contribution >= 4 is 29.6 Å². The largest absolute Gasteiger partial charge is 0.478 e. The number of rotatable bonds is 5. The van der Waals surface area contributed by atoms with Gasteiger partial charge in [0.05, 0.1) is 18.6 Å². The Morgan fingerprint density at radius 1 is 1.43 bits per heavy atom. The van der Waals surface area contributed by atoms with E-state index in [0.29, 0.717) is 22.7 Å². The summed E-state index contributed by atoms with van der Waals surface area (Å²) in [7, 11) is 0. The van der Waals surface area contributed by atoms with Crippen LogP contribution in [0.3, 0.4) is 0 Å². The minimum atomic E-state index is -1.06. The molecule has 0 bridgehead atoms. The Kier molecular flexibility index (Phi) is 4.73. The molecule has 0 atom stereocenters. The third kappa shape index (κ3) is 4.19. The summed E-state index contributed by atoms with van der Waals surface area (Å²) in [6, 6.07) is 4.66. The summed E-state index contributed by atoms with van der Waals surface area (Å²) in [6.07, 6.45) is 5.51. The second-order valence-corrected chi connectivity index (χ2v) is 4.57. The number of benzene rings is 1. The Labute approximate surface area is 125 Å². The number of imidazole rings is 1. The summed E-state index contributed by atoms with van der Waals surface area (Å²) in [5, 5.41) is 11.6. The fourth-order valence-corrected chi connectivity index (χ4v) is 1.87. The monoisotopic (exact) mass is 305 g/mol. The van der Waals surface area contributed by atoms with Crippen LogP contribution in [0.2, 0.25) is 5.02 Å². The number of aromatic amines is 1. The summed E-state index contributed by atoms with van der Waals surface area (Å²) in [5.74, 6) is -1.34. The highest BCUT2D eigenvalue weighted by Crippen LogP contribution is 2.19. The SMILES string of the molecule is O=C(O)/C=C/c1ccc(C(=O)NCc2cnc[nH]2)cc1Cl. The van der Waals surface area contributed by atoms with Gasteiger partial charge >= 0.3 is 5.97 Å². The van der Waals surface area contributed by atoms with E-state index in [2.05, 4.69) is 15.3 Å². The molecular weight excluding hydrogens is 294 g/mol. The van der Waals surface area contributed by atoms with Gasteiger partial charge in [0.25, 0.3) is 5.91 Å². The lowest BCUT2D eigenvalue weighted by Gasteiger charge is -2.05. The molecule has 0 aliphatic rings. The maximum atomic E-state index is 12.0. The molecule has 0 saturated heterocycles. The van der Waals surface area contributed by atoms with Gasteiger partial charge in [-0.25, -0.2) is 9.78 Å². The number of aliphatic carboxylic acids is 1. The van der Waals surface area contributed by atoms with Crippen molar-refractivity contribution in [3.63, 3.8) is 0 Å². The topological polar surface area (TPSA) is 95.1 Å². The number of amides is 1. The molecule has 2 rings (SSSR count). The first kappa shape index (κ1) is 14.8. The zero-order valence-electron chi connectivity index (χ0n) is 10.8. The molecule has 1 amide bonds. The number of carbonyl (C=O) groups is 2. The Bertz CT molecular complexity index is 681. The Morgan fingerprint density at radius 3 is 2.86 bits per heavy atom. The lowest BCUT2D eigenvalue weighted by atomic mass is 10.1. The van der Waals surface area contributed by atoms with Crippen molar-refractivity contribution in [3.8, 4) is 0 Å². The van der Waals surface area contributed by atoms with Crippen LogP contribution in [-0.2, 0) is 11.3 Å². The van der Waals surface area contributed by atoms with Crippen molar-refractivity contribution in [3.05, 3.63) is 58.6 Å². The minimum Gasteiger partial charge on any atom is -0.478 e. The zero-order valence-corrected chi connectivity index (χ0v) is 11.6. The standard InChI is InChI=1S/C14H12ClN3O3/c15-12-5-10(2-1-9(12)3-4-13(19)20)14(21)17-7-11-6-16-8-18-11/h1-6,8H,7H2,(H,16,18)(H,17,21)(H,19,20)/b4-3+. The van der Waals surface area contributed by atoms with Gasteiger partial charge in [-0.05, 0) is 23.8 Å². The molecule has 0 unspecified atom stereocenters. The molecular formula is C14H12ClN3O3. The zero-order chi connectivity index (χ0) is 15.2. The van der Waals surface area contributed by atoms with Gasteiger partial charge in [-0.1, -0.05) is 17.7 Å². The molecule has 1 aromatic carbocycles. The first-order chi connectivity index (χ1) is 10.1. The number of aromatic nitrogens is 2. The smallest absolute Gasteiger partial charge is 0.328 e. The van der Waals surface area contributed by atoms with Crippen LogP contribution in [0.1, 0.15) is 21.6 Å². The number of nitrogens with one attached hydrogen (secondary N) is 2. The van der Waals surface area contributed by atoms with E-state index in [1.807, 2.05) is 0 Å². The predicted molar refractivity (Wildman–Crippen MR) is 77.9 cm³/mol. The predicted octanol–water partition coefficient (Wildman–Crippen LogP) is 2.09. The quantitative estimate of drug-likeness (QED) is 0.737. The van der Waals surface area contributed by atoms with Crippen LogP contribution in [0.5, 0.6) is 0 Å². The van der Waals surface area contributed by atoms with Crippen molar-refractivity contribution in [2.24, 2.45) is 0 Å². The third-order valence-corrected chi connectivity index (χ3v) is 2.99. The lowest BCUT2D eigenvalue weighted by Crippen LogP contribution is -2.22. The number of carboxylic acid groups (broad SMARTS) is 1. The van der Waals surface area contributed by atoms with E-state index in [0.717, 1.165) is 11.8 Å². The molecule has 2 aromatic rings. The van der Waals surface area contributed by atoms with Gasteiger partial charge in [-0.15, -0.1) is 0 Å². The Hall–Kier alpha value is -2.60. The first-order valence-electron chi connectivity index (χ1n) is 6.02. The number of H-pyrrole nitrogens is 1. The molecule has 0 fully saturated rings. The van der Waals surface area contributed by atoms with Crippen LogP contribution in [0.4, 0.5) is 0 Å². The number of hydrogen-bond acceptors (Lipinski definition) is 3. The van der Waals surface area contributed by atoms with Crippen molar-refractivity contribution < 1.29 is 14.7 Å². The molecule has 21 heavy (non-hydrogen) atoms. The molecule has 3 N–H and O–H groups in total. The maximum absolute atomic E-state index is 12.0. The fraction of sp³-hybridized carbons (Fsp3) is 0.0714. The number of hydrogen-bond donors (Lipinski definition) is 3. The van der Waals surface area contributed by atoms with E-state index in [-0.39, 0.29) is 5.91 Å². The number of halogens is 1. The van der Waals surface area contributed by atoms with Crippen LogP contribution in [0, 0.1) is 0 Å². The van der Waals surface area contributed by atoms with Crippen molar-refractivity contribution in [1.82, 2.24) is 15.3 Å². The summed E-state index contributed by atoms with van der Waals surface area (Å²) < 4.78 is 0. The van der Waals surface area contributed by atoms with Crippen LogP contribution in [0.25, 0.3) is 6.08 Å². The molecule has 6 nitrogen and oxygen atoms in total. The Balaban J connectivity index is 2.05. The average Bonchev–Trinajstić information content (AvgIpc) is 2.96. The second-order valence-electron chi connectivity index (χ2n) is 4.17. The van der Waals surface area contributed by atoms with Crippen molar-refractivity contribution in [2.75, 3.05) is 0 Å². The normalized spacial score (nSPS) is 10.7. The lowest BCUT2D eigenvalue weighted by molar-refractivity contribution is -0.131. The van der Waals surface area contributed by atoms with E-state index >= 15 is 0 Å². The minimum absolute atomic E-state index is 0.278. The second kappa shape index (κ2) is 6.71. The third-order valence-electron chi connectivity index (χ3n) is 2.66. The van der Waals surface area contributed by atoms with Crippen LogP contribution < -0.4 is 5.32 Å². The van der Waals surface area contributed by atoms with Gasteiger partial charge < -0.3 is 15.4 Å². The van der Waals surface area contributed by atoms with Gasteiger partial charge in [0, 0.05) is 22.9 Å². The Morgan fingerprint density at radius 2 is 2.24 bits per heavy atom. The van der Waals surface area contributed by atoms with Crippen molar-refractivity contribution in [1.29, 1.82) is 0 Å². The van der Waals surface area contributed by atoms with E-state index in [1.165, 1.54) is 18.5 Å².